The molecule has 0 aliphatic carbocycles. The number of carbonyl (C=O) groups excluding carboxylic acids is 1. The molecule has 1 atom stereocenters. The molecule has 5 rings (SSSR count). The molecule has 6 heteroatoms. The Kier molecular flexibility index (Phi) is 4.29. The van der Waals surface area contributed by atoms with Gasteiger partial charge in [0.15, 0.2) is 5.76 Å². The van der Waals surface area contributed by atoms with Gasteiger partial charge in [0.05, 0.1) is 10.0 Å². The van der Waals surface area contributed by atoms with Gasteiger partial charge in [-0.2, -0.15) is 0 Å². The maximum Gasteiger partial charge on any atom is 0.287 e. The van der Waals surface area contributed by atoms with Crippen molar-refractivity contribution in [3.05, 3.63) is 46.1 Å². The van der Waals surface area contributed by atoms with E-state index >= 15 is 0 Å². The summed E-state index contributed by atoms with van der Waals surface area (Å²) in [4.78, 5) is 14.9. The van der Waals surface area contributed by atoms with Crippen LogP contribution in [-0.2, 0) is 0 Å². The minimum atomic E-state index is -0.168. The van der Waals surface area contributed by atoms with Crippen LogP contribution in [0.3, 0.4) is 0 Å². The zero-order valence-corrected chi connectivity index (χ0v) is 14.6. The second kappa shape index (κ2) is 6.43. The van der Waals surface area contributed by atoms with Crippen molar-refractivity contribution in [1.29, 1.82) is 0 Å². The molecule has 1 aromatic carbocycles. The Morgan fingerprint density at radius 2 is 1.96 bits per heavy atom. The molecule has 1 amide bonds. The number of fused-ring (bicyclic) bond motifs is 3. The van der Waals surface area contributed by atoms with Crippen LogP contribution in [0.2, 0.25) is 10.0 Å². The summed E-state index contributed by atoms with van der Waals surface area (Å²) in [5.74, 6) is 1.26. The summed E-state index contributed by atoms with van der Waals surface area (Å²) in [5, 5.41) is 4.01. The molecule has 0 spiro atoms. The van der Waals surface area contributed by atoms with Gasteiger partial charge in [-0.25, -0.2) is 0 Å². The van der Waals surface area contributed by atoms with Gasteiger partial charge in [-0.3, -0.25) is 4.79 Å². The smallest absolute Gasteiger partial charge is 0.287 e. The largest absolute Gasteiger partial charge is 0.451 e. The lowest BCUT2D eigenvalue weighted by Gasteiger charge is -2.44. The van der Waals surface area contributed by atoms with Crippen molar-refractivity contribution < 1.29 is 9.21 Å². The van der Waals surface area contributed by atoms with Crippen molar-refractivity contribution in [2.75, 3.05) is 19.6 Å². The van der Waals surface area contributed by atoms with Crippen LogP contribution in [-0.4, -0.2) is 36.5 Å². The molecule has 0 radical (unpaired) electrons. The van der Waals surface area contributed by atoms with Gasteiger partial charge in [0.1, 0.15) is 5.76 Å². The van der Waals surface area contributed by atoms with Crippen molar-refractivity contribution in [3.8, 4) is 11.3 Å². The van der Waals surface area contributed by atoms with E-state index in [1.807, 2.05) is 6.07 Å². The fraction of sp³-hybridized carbons (Fsp3) is 0.389. The van der Waals surface area contributed by atoms with Crippen molar-refractivity contribution in [1.82, 2.24) is 10.2 Å². The summed E-state index contributed by atoms with van der Waals surface area (Å²) < 4.78 is 5.72. The van der Waals surface area contributed by atoms with Gasteiger partial charge in [0.25, 0.3) is 5.91 Å². The van der Waals surface area contributed by atoms with Crippen LogP contribution in [0.25, 0.3) is 11.3 Å². The number of carbonyl (C=O) groups is 1. The second-order valence-corrected chi connectivity index (χ2v) is 7.27. The zero-order chi connectivity index (χ0) is 16.7. The maximum absolute atomic E-state index is 12.5. The van der Waals surface area contributed by atoms with E-state index in [4.69, 9.17) is 27.6 Å². The highest BCUT2D eigenvalue weighted by atomic mass is 35.5. The fourth-order valence-electron chi connectivity index (χ4n) is 3.67. The summed E-state index contributed by atoms with van der Waals surface area (Å²) >= 11 is 12.3. The number of nitrogens with zero attached hydrogens (tertiary/aromatic N) is 1. The molecule has 3 saturated heterocycles. The maximum atomic E-state index is 12.5. The first-order valence-electron chi connectivity index (χ1n) is 8.19. The molecule has 4 heterocycles. The third kappa shape index (κ3) is 2.94. The van der Waals surface area contributed by atoms with Crippen LogP contribution >= 0.6 is 23.2 Å². The lowest BCUT2D eigenvalue weighted by atomic mass is 9.84. The first kappa shape index (κ1) is 16.0. The van der Waals surface area contributed by atoms with E-state index < -0.39 is 0 Å². The standard InChI is InChI=1S/C18H18Cl2N2O2/c19-13-3-1-2-12(17(13)20)15-4-5-16(24-15)18(23)21-14-10-22-8-6-11(14)7-9-22/h1-5,11,14H,6-10H2,(H,21,23). The van der Waals surface area contributed by atoms with E-state index in [0.717, 1.165) is 32.5 Å². The molecule has 126 valence electrons. The molecule has 3 aliphatic rings. The third-order valence-electron chi connectivity index (χ3n) is 5.02. The lowest BCUT2D eigenvalue weighted by molar-refractivity contribution is 0.0606. The van der Waals surface area contributed by atoms with Crippen LogP contribution in [0.15, 0.2) is 34.7 Å². The fourth-order valence-corrected chi connectivity index (χ4v) is 4.06. The summed E-state index contributed by atoms with van der Waals surface area (Å²) in [6.07, 6.45) is 2.32. The molecule has 3 aliphatic heterocycles. The molecule has 1 aromatic heterocycles. The normalized spacial score (nSPS) is 25.7. The first-order chi connectivity index (χ1) is 11.6. The lowest BCUT2D eigenvalue weighted by Crippen LogP contribution is -2.57. The van der Waals surface area contributed by atoms with E-state index in [1.165, 1.54) is 0 Å². The van der Waals surface area contributed by atoms with Gasteiger partial charge < -0.3 is 14.6 Å². The zero-order valence-electron chi connectivity index (χ0n) is 13.1. The van der Waals surface area contributed by atoms with Gasteiger partial charge in [-0.05, 0) is 56.1 Å². The SMILES string of the molecule is O=C(NC1CN2CCC1CC2)c1ccc(-c2cccc(Cl)c2Cl)o1. The summed E-state index contributed by atoms with van der Waals surface area (Å²) in [6.45, 7) is 3.23. The molecule has 1 N–H and O–H groups in total. The van der Waals surface area contributed by atoms with Crippen molar-refractivity contribution in [3.63, 3.8) is 0 Å². The molecule has 1 unspecified atom stereocenters. The molecule has 2 bridgehead atoms. The highest BCUT2D eigenvalue weighted by Gasteiger charge is 2.35. The quantitative estimate of drug-likeness (QED) is 0.892. The van der Waals surface area contributed by atoms with Crippen LogP contribution < -0.4 is 5.32 Å². The monoisotopic (exact) mass is 364 g/mol. The number of rotatable bonds is 3. The van der Waals surface area contributed by atoms with E-state index in [9.17, 15) is 4.79 Å². The van der Waals surface area contributed by atoms with E-state index in [0.29, 0.717) is 33.0 Å². The Labute approximate surface area is 150 Å². The predicted molar refractivity (Wildman–Crippen MR) is 94.6 cm³/mol. The third-order valence-corrected chi connectivity index (χ3v) is 5.84. The van der Waals surface area contributed by atoms with Crippen molar-refractivity contribution in [2.45, 2.75) is 18.9 Å². The van der Waals surface area contributed by atoms with Crippen LogP contribution in [0.1, 0.15) is 23.4 Å². The molecular formula is C18H18Cl2N2O2. The Balaban J connectivity index is 1.50. The van der Waals surface area contributed by atoms with Crippen molar-refractivity contribution >= 4 is 29.1 Å². The number of amides is 1. The Morgan fingerprint density at radius 3 is 2.67 bits per heavy atom. The minimum absolute atomic E-state index is 0.168. The Bertz CT molecular complexity index is 766. The number of halogens is 2. The molecule has 4 nitrogen and oxygen atoms in total. The molecule has 0 saturated carbocycles. The second-order valence-electron chi connectivity index (χ2n) is 6.48. The van der Waals surface area contributed by atoms with E-state index in [-0.39, 0.29) is 11.9 Å². The van der Waals surface area contributed by atoms with Gasteiger partial charge in [0, 0.05) is 18.2 Å². The van der Waals surface area contributed by atoms with Crippen LogP contribution in [0, 0.1) is 5.92 Å². The van der Waals surface area contributed by atoms with Gasteiger partial charge in [0.2, 0.25) is 0 Å². The first-order valence-corrected chi connectivity index (χ1v) is 8.95. The van der Waals surface area contributed by atoms with Gasteiger partial charge >= 0.3 is 0 Å². The topological polar surface area (TPSA) is 45.5 Å². The van der Waals surface area contributed by atoms with E-state index in [2.05, 4.69) is 10.2 Å². The number of hydrogen-bond acceptors (Lipinski definition) is 3. The van der Waals surface area contributed by atoms with E-state index in [1.54, 1.807) is 24.3 Å². The molecule has 2 aromatic rings. The van der Waals surface area contributed by atoms with Crippen LogP contribution in [0.5, 0.6) is 0 Å². The summed E-state index contributed by atoms with van der Waals surface area (Å²) in [7, 11) is 0. The average molecular weight is 365 g/mol. The van der Waals surface area contributed by atoms with Crippen molar-refractivity contribution in [2.24, 2.45) is 5.92 Å². The average Bonchev–Trinajstić information content (AvgIpc) is 3.08. The Morgan fingerprint density at radius 1 is 1.17 bits per heavy atom. The highest BCUT2D eigenvalue weighted by molar-refractivity contribution is 6.43. The van der Waals surface area contributed by atoms with Gasteiger partial charge in [-0.15, -0.1) is 0 Å². The van der Waals surface area contributed by atoms with Gasteiger partial charge in [-0.1, -0.05) is 29.3 Å². The summed E-state index contributed by atoms with van der Waals surface area (Å²) in [6, 6.07) is 8.99. The molecule has 3 fully saturated rings. The number of piperidine rings is 3. The number of benzene rings is 1. The molecule has 24 heavy (non-hydrogen) atoms. The Hall–Kier alpha value is -1.49. The van der Waals surface area contributed by atoms with Crippen LogP contribution in [0.4, 0.5) is 0 Å². The number of hydrogen-bond donors (Lipinski definition) is 1. The number of furan rings is 1. The summed E-state index contributed by atoms with van der Waals surface area (Å²) in [5.41, 5.74) is 0.686. The molecular weight excluding hydrogens is 347 g/mol. The minimum Gasteiger partial charge on any atom is -0.451 e. The predicted octanol–water partition coefficient (Wildman–Crippen LogP) is 4.08. The number of nitrogens with one attached hydrogen (secondary N) is 1. The highest BCUT2D eigenvalue weighted by Crippen LogP contribution is 2.34.